The van der Waals surface area contributed by atoms with E-state index >= 15 is 0 Å². The molecule has 1 heterocycles. The number of carbonyl (C=O) groups is 3. The van der Waals surface area contributed by atoms with Crippen molar-refractivity contribution in [2.45, 2.75) is 46.5 Å². The number of amides is 3. The van der Waals surface area contributed by atoms with Crippen LogP contribution >= 0.6 is 0 Å². The third kappa shape index (κ3) is 3.47. The Balaban J connectivity index is 1.59. The van der Waals surface area contributed by atoms with Crippen LogP contribution in [0.1, 0.15) is 46.5 Å². The summed E-state index contributed by atoms with van der Waals surface area (Å²) in [7, 11) is 3.08. The van der Waals surface area contributed by atoms with Gasteiger partial charge in [0.25, 0.3) is 0 Å². The smallest absolute Gasteiger partial charge is 0.235 e. The summed E-state index contributed by atoms with van der Waals surface area (Å²) < 4.78 is 10.4. The maximum Gasteiger partial charge on any atom is 0.235 e. The van der Waals surface area contributed by atoms with Crippen LogP contribution in [-0.4, -0.2) is 43.4 Å². The van der Waals surface area contributed by atoms with Crippen LogP contribution in [0.4, 0.5) is 5.69 Å². The monoisotopic (exact) mass is 402 g/mol. The molecule has 1 N–H and O–H groups in total. The zero-order valence-corrected chi connectivity index (χ0v) is 17.8. The molecule has 0 aromatic heterocycles. The summed E-state index contributed by atoms with van der Waals surface area (Å²) in [6.45, 7) is 6.28. The third-order valence-corrected chi connectivity index (χ3v) is 6.98. The van der Waals surface area contributed by atoms with Crippen LogP contribution in [0.3, 0.4) is 0 Å². The minimum absolute atomic E-state index is 0.0905. The quantitative estimate of drug-likeness (QED) is 0.708. The van der Waals surface area contributed by atoms with E-state index in [1.54, 1.807) is 25.3 Å². The Hall–Kier alpha value is -2.57. The lowest BCUT2D eigenvalue weighted by atomic mass is 9.62. The normalized spacial score (nSPS) is 25.1. The van der Waals surface area contributed by atoms with Gasteiger partial charge in [0.15, 0.2) is 0 Å². The van der Waals surface area contributed by atoms with Gasteiger partial charge >= 0.3 is 0 Å². The SMILES string of the molecule is COc1ccc(NC(=O)CCCN2C(=O)C3CCC(C)(C2=O)C3(C)C)c(OC)c1. The molecule has 158 valence electrons. The van der Waals surface area contributed by atoms with Crippen molar-refractivity contribution in [1.29, 1.82) is 0 Å². The molecule has 7 heteroatoms. The van der Waals surface area contributed by atoms with Gasteiger partial charge < -0.3 is 14.8 Å². The first-order valence-corrected chi connectivity index (χ1v) is 10.0. The number of carbonyl (C=O) groups excluding carboxylic acids is 3. The lowest BCUT2D eigenvalue weighted by Crippen LogP contribution is -2.59. The molecule has 1 aromatic rings. The van der Waals surface area contributed by atoms with E-state index < -0.39 is 5.41 Å². The Morgan fingerprint density at radius 1 is 1.21 bits per heavy atom. The van der Waals surface area contributed by atoms with Crippen molar-refractivity contribution in [1.82, 2.24) is 4.90 Å². The number of piperidine rings is 1. The summed E-state index contributed by atoms with van der Waals surface area (Å²) in [4.78, 5) is 39.6. The number of methoxy groups -OCH3 is 2. The largest absolute Gasteiger partial charge is 0.497 e. The average Bonchev–Trinajstić information content (AvgIpc) is 2.88. The Morgan fingerprint density at radius 2 is 1.93 bits per heavy atom. The molecule has 3 rings (SSSR count). The van der Waals surface area contributed by atoms with Crippen LogP contribution in [0.2, 0.25) is 0 Å². The zero-order valence-electron chi connectivity index (χ0n) is 17.8. The number of imide groups is 1. The summed E-state index contributed by atoms with van der Waals surface area (Å²) in [5.41, 5.74) is -0.278. The van der Waals surface area contributed by atoms with Gasteiger partial charge in [-0.2, -0.15) is 0 Å². The highest BCUT2D eigenvalue weighted by Gasteiger charge is 2.64. The Bertz CT molecular complexity index is 834. The van der Waals surface area contributed by atoms with Crippen molar-refractivity contribution >= 4 is 23.4 Å². The van der Waals surface area contributed by atoms with Gasteiger partial charge in [0, 0.05) is 24.9 Å². The first-order valence-electron chi connectivity index (χ1n) is 10.0. The summed E-state index contributed by atoms with van der Waals surface area (Å²) in [6, 6.07) is 5.15. The van der Waals surface area contributed by atoms with E-state index in [9.17, 15) is 14.4 Å². The van der Waals surface area contributed by atoms with Gasteiger partial charge in [-0.3, -0.25) is 19.3 Å². The first-order chi connectivity index (χ1) is 13.7. The van der Waals surface area contributed by atoms with Crippen molar-refractivity contribution in [3.05, 3.63) is 18.2 Å². The summed E-state index contributed by atoms with van der Waals surface area (Å²) >= 11 is 0. The molecule has 29 heavy (non-hydrogen) atoms. The highest BCUT2D eigenvalue weighted by molar-refractivity contribution is 6.03. The Kier molecular flexibility index (Phi) is 5.61. The minimum atomic E-state index is -0.510. The molecular formula is C22H30N2O5. The predicted octanol–water partition coefficient (Wildman–Crippen LogP) is 3.23. The van der Waals surface area contributed by atoms with Gasteiger partial charge in [-0.05, 0) is 36.8 Å². The zero-order chi connectivity index (χ0) is 21.4. The van der Waals surface area contributed by atoms with Crippen molar-refractivity contribution in [3.8, 4) is 11.5 Å². The molecule has 1 saturated heterocycles. The second-order valence-corrected chi connectivity index (χ2v) is 8.66. The van der Waals surface area contributed by atoms with E-state index in [1.807, 2.05) is 20.8 Å². The van der Waals surface area contributed by atoms with Crippen LogP contribution in [0.15, 0.2) is 18.2 Å². The van der Waals surface area contributed by atoms with Crippen LogP contribution in [0.25, 0.3) is 0 Å². The highest BCUT2D eigenvalue weighted by atomic mass is 16.5. The van der Waals surface area contributed by atoms with Crippen molar-refractivity contribution < 1.29 is 23.9 Å². The van der Waals surface area contributed by atoms with Crippen molar-refractivity contribution in [2.75, 3.05) is 26.1 Å². The van der Waals surface area contributed by atoms with Crippen molar-refractivity contribution in [3.63, 3.8) is 0 Å². The Morgan fingerprint density at radius 3 is 2.59 bits per heavy atom. The lowest BCUT2D eigenvalue weighted by Gasteiger charge is -2.47. The number of likely N-dealkylation sites (tertiary alicyclic amines) is 1. The average molecular weight is 402 g/mol. The fourth-order valence-electron chi connectivity index (χ4n) is 4.63. The third-order valence-electron chi connectivity index (χ3n) is 6.98. The van der Waals surface area contributed by atoms with Gasteiger partial charge in [-0.1, -0.05) is 20.8 Å². The summed E-state index contributed by atoms with van der Waals surface area (Å²) in [5, 5.41) is 2.82. The van der Waals surface area contributed by atoms with Crippen molar-refractivity contribution in [2.24, 2.45) is 16.7 Å². The van der Waals surface area contributed by atoms with Gasteiger partial charge in [0.1, 0.15) is 11.5 Å². The van der Waals surface area contributed by atoms with E-state index in [0.717, 1.165) is 12.8 Å². The van der Waals surface area contributed by atoms with Crippen LogP contribution < -0.4 is 14.8 Å². The highest BCUT2D eigenvalue weighted by Crippen LogP contribution is 2.60. The molecule has 1 aliphatic heterocycles. The van der Waals surface area contributed by atoms with Crippen LogP contribution in [0, 0.1) is 16.7 Å². The fourth-order valence-corrected chi connectivity index (χ4v) is 4.63. The van der Waals surface area contributed by atoms with Crippen LogP contribution in [0.5, 0.6) is 11.5 Å². The minimum Gasteiger partial charge on any atom is -0.497 e. The molecule has 2 atom stereocenters. The fraction of sp³-hybridized carbons (Fsp3) is 0.591. The second kappa shape index (κ2) is 7.69. The number of fused-ring (bicyclic) bond motifs is 2. The molecule has 2 fully saturated rings. The molecule has 1 saturated carbocycles. The van der Waals surface area contributed by atoms with Gasteiger partial charge in [-0.15, -0.1) is 0 Å². The molecule has 7 nitrogen and oxygen atoms in total. The van der Waals surface area contributed by atoms with E-state index in [2.05, 4.69) is 5.32 Å². The molecular weight excluding hydrogens is 372 g/mol. The lowest BCUT2D eigenvalue weighted by molar-refractivity contribution is -0.168. The standard InChI is InChI=1S/C22H30N2O5/c1-21(2)15-10-11-22(21,3)20(27)24(19(15)26)12-6-7-18(25)23-16-9-8-14(28-4)13-17(16)29-5/h8-9,13,15H,6-7,10-12H2,1-5H3,(H,23,25). The number of hydrogen-bond donors (Lipinski definition) is 1. The molecule has 0 spiro atoms. The molecule has 1 aliphatic carbocycles. The maximum atomic E-state index is 13.0. The van der Waals surface area contributed by atoms with E-state index in [1.165, 1.54) is 12.0 Å². The number of nitrogens with zero attached hydrogens (tertiary/aromatic N) is 1. The van der Waals surface area contributed by atoms with E-state index in [0.29, 0.717) is 23.6 Å². The molecule has 1 aromatic carbocycles. The number of nitrogens with one attached hydrogen (secondary N) is 1. The number of rotatable bonds is 7. The van der Waals surface area contributed by atoms with Gasteiger partial charge in [0.05, 0.1) is 25.3 Å². The summed E-state index contributed by atoms with van der Waals surface area (Å²) in [6.07, 6.45) is 2.12. The number of ether oxygens (including phenoxy) is 2. The maximum absolute atomic E-state index is 13.0. The molecule has 2 bridgehead atoms. The molecule has 2 aliphatic rings. The van der Waals surface area contributed by atoms with E-state index in [4.69, 9.17) is 9.47 Å². The number of benzene rings is 1. The summed E-state index contributed by atoms with van der Waals surface area (Å²) in [5.74, 6) is 0.631. The first kappa shape index (κ1) is 21.1. The van der Waals surface area contributed by atoms with Gasteiger partial charge in [0.2, 0.25) is 17.7 Å². The predicted molar refractivity (Wildman–Crippen MR) is 109 cm³/mol. The van der Waals surface area contributed by atoms with Crippen LogP contribution in [-0.2, 0) is 14.4 Å². The topological polar surface area (TPSA) is 84.9 Å². The molecule has 2 unspecified atom stereocenters. The number of hydrogen-bond acceptors (Lipinski definition) is 5. The Labute approximate surface area is 171 Å². The molecule has 3 amide bonds. The van der Waals surface area contributed by atoms with E-state index in [-0.39, 0.29) is 42.0 Å². The second-order valence-electron chi connectivity index (χ2n) is 8.66. The number of anilines is 1. The molecule has 0 radical (unpaired) electrons. The van der Waals surface area contributed by atoms with Gasteiger partial charge in [-0.25, -0.2) is 0 Å².